The highest BCUT2D eigenvalue weighted by atomic mass is 35.5. The monoisotopic (exact) mass is 392 g/mol. The molecule has 8 nitrogen and oxygen atoms in total. The van der Waals surface area contributed by atoms with Gasteiger partial charge in [0.25, 0.3) is 0 Å². The van der Waals surface area contributed by atoms with Crippen molar-refractivity contribution in [1.29, 1.82) is 5.41 Å². The maximum atomic E-state index is 12.3. The Morgan fingerprint density at radius 1 is 1.27 bits per heavy atom. The van der Waals surface area contributed by atoms with Crippen LogP contribution in [0.25, 0.3) is 5.69 Å². The summed E-state index contributed by atoms with van der Waals surface area (Å²) in [7, 11) is 0. The molecule has 1 amide bonds. The third-order valence-electron chi connectivity index (χ3n) is 3.66. The van der Waals surface area contributed by atoms with Crippen molar-refractivity contribution >= 4 is 29.1 Å². The van der Waals surface area contributed by atoms with Crippen molar-refractivity contribution in [3.63, 3.8) is 0 Å². The van der Waals surface area contributed by atoms with Crippen molar-refractivity contribution in [3.8, 4) is 5.69 Å². The Morgan fingerprint density at radius 2 is 2.08 bits per heavy atom. The molecule has 10 heteroatoms. The van der Waals surface area contributed by atoms with Gasteiger partial charge in [0, 0.05) is 11.6 Å². The van der Waals surface area contributed by atoms with Crippen LogP contribution in [0, 0.1) is 5.41 Å². The van der Waals surface area contributed by atoms with Gasteiger partial charge in [-0.25, -0.2) is 9.67 Å². The summed E-state index contributed by atoms with van der Waals surface area (Å²) < 4.78 is 2.15. The topological polar surface area (TPSA) is 109 Å². The van der Waals surface area contributed by atoms with Crippen molar-refractivity contribution in [2.75, 3.05) is 0 Å². The number of hydrogen-bond donors (Lipinski definition) is 3. The molecule has 3 N–H and O–H groups in total. The van der Waals surface area contributed by atoms with E-state index in [1.54, 1.807) is 29.2 Å². The minimum absolute atomic E-state index is 0.138. The number of nitrogens with zero attached hydrogens (tertiary/aromatic N) is 4. The standard InChI is InChI=1S/C16H14Cl2N6O2/c17-11-1-3-13(23-9-20-8-22-23)10(5-11)7-21-16(25)6-14-12(18)2-4-15(19)24(14)26/h1-5,8-9,19,26H,6-7H2,(H,21,25). The molecule has 26 heavy (non-hydrogen) atoms. The van der Waals surface area contributed by atoms with Crippen LogP contribution in [0.15, 0.2) is 43.0 Å². The van der Waals surface area contributed by atoms with E-state index in [2.05, 4.69) is 15.4 Å². The summed E-state index contributed by atoms with van der Waals surface area (Å²) in [5.74, 6) is -0.371. The molecule has 3 rings (SSSR count). The Hall–Kier alpha value is -2.84. The van der Waals surface area contributed by atoms with Gasteiger partial charge in [0.2, 0.25) is 5.91 Å². The first kappa shape index (κ1) is 18.0. The summed E-state index contributed by atoms with van der Waals surface area (Å²) >= 11 is 12.0. The molecular formula is C16H14Cl2N6O2. The van der Waals surface area contributed by atoms with Gasteiger partial charge >= 0.3 is 0 Å². The predicted molar refractivity (Wildman–Crippen MR) is 94.4 cm³/mol. The maximum absolute atomic E-state index is 12.3. The number of halogens is 2. The van der Waals surface area contributed by atoms with Crippen molar-refractivity contribution in [3.05, 3.63) is 69.8 Å². The number of hydrogen-bond acceptors (Lipinski definition) is 5. The molecule has 134 valence electrons. The number of benzene rings is 1. The number of amides is 1. The SMILES string of the molecule is N=c1ccc(Cl)c(CC(=O)NCc2cc(Cl)ccc2-n2cncn2)n1O. The lowest BCUT2D eigenvalue weighted by molar-refractivity contribution is -0.120. The van der Waals surface area contributed by atoms with Crippen molar-refractivity contribution < 1.29 is 10.0 Å². The zero-order valence-corrected chi connectivity index (χ0v) is 14.9. The highest BCUT2D eigenvalue weighted by Crippen LogP contribution is 2.19. The molecule has 0 radical (unpaired) electrons. The number of pyridine rings is 1. The van der Waals surface area contributed by atoms with Crippen LogP contribution in [0.3, 0.4) is 0 Å². The van der Waals surface area contributed by atoms with Crippen molar-refractivity contribution in [2.24, 2.45) is 0 Å². The predicted octanol–water partition coefficient (Wildman–Crippen LogP) is 1.95. The van der Waals surface area contributed by atoms with Gasteiger partial charge in [0.15, 0.2) is 5.49 Å². The first-order valence-corrected chi connectivity index (χ1v) is 8.25. The van der Waals surface area contributed by atoms with E-state index in [0.717, 1.165) is 11.3 Å². The highest BCUT2D eigenvalue weighted by Gasteiger charge is 2.13. The average molecular weight is 393 g/mol. The first-order chi connectivity index (χ1) is 12.5. The second-order valence-corrected chi connectivity index (χ2v) is 6.24. The lowest BCUT2D eigenvalue weighted by Crippen LogP contribution is -2.29. The molecule has 2 aromatic heterocycles. The van der Waals surface area contributed by atoms with Gasteiger partial charge in [-0.15, -0.1) is 0 Å². The molecule has 0 aliphatic rings. The normalized spacial score (nSPS) is 10.7. The van der Waals surface area contributed by atoms with E-state index >= 15 is 0 Å². The number of rotatable bonds is 5. The van der Waals surface area contributed by atoms with Crippen LogP contribution in [-0.2, 0) is 17.8 Å². The van der Waals surface area contributed by atoms with Crippen LogP contribution in [0.1, 0.15) is 11.3 Å². The quantitative estimate of drug-likeness (QED) is 0.576. The molecule has 3 aromatic rings. The highest BCUT2D eigenvalue weighted by molar-refractivity contribution is 6.31. The van der Waals surface area contributed by atoms with E-state index in [-0.39, 0.29) is 35.1 Å². The zero-order chi connectivity index (χ0) is 18.7. The van der Waals surface area contributed by atoms with E-state index in [1.165, 1.54) is 18.5 Å². The molecule has 0 spiro atoms. The van der Waals surface area contributed by atoms with Crippen molar-refractivity contribution in [2.45, 2.75) is 13.0 Å². The second kappa shape index (κ2) is 7.59. The Kier molecular flexibility index (Phi) is 5.24. The summed E-state index contributed by atoms with van der Waals surface area (Å²) in [6, 6.07) is 8.01. The van der Waals surface area contributed by atoms with Crippen LogP contribution < -0.4 is 10.8 Å². The third kappa shape index (κ3) is 3.87. The fourth-order valence-electron chi connectivity index (χ4n) is 2.38. The van der Waals surface area contributed by atoms with Gasteiger partial charge in [-0.3, -0.25) is 10.2 Å². The second-order valence-electron chi connectivity index (χ2n) is 5.39. The summed E-state index contributed by atoms with van der Waals surface area (Å²) in [5.41, 5.74) is 1.45. The average Bonchev–Trinajstić information content (AvgIpc) is 3.15. The van der Waals surface area contributed by atoms with Crippen LogP contribution >= 0.6 is 23.2 Å². The van der Waals surface area contributed by atoms with Gasteiger partial charge in [-0.1, -0.05) is 23.2 Å². The zero-order valence-electron chi connectivity index (χ0n) is 13.4. The fraction of sp³-hybridized carbons (Fsp3) is 0.125. The molecule has 0 saturated heterocycles. The molecule has 0 saturated carbocycles. The summed E-state index contributed by atoms with van der Waals surface area (Å²) in [6.07, 6.45) is 2.77. The summed E-state index contributed by atoms with van der Waals surface area (Å²) in [5, 5.41) is 25.0. The van der Waals surface area contributed by atoms with Gasteiger partial charge in [-0.2, -0.15) is 9.83 Å². The van der Waals surface area contributed by atoms with E-state index in [1.807, 2.05) is 0 Å². The lowest BCUT2D eigenvalue weighted by Gasteiger charge is -2.12. The van der Waals surface area contributed by atoms with E-state index in [9.17, 15) is 10.0 Å². The van der Waals surface area contributed by atoms with E-state index in [0.29, 0.717) is 9.75 Å². The molecule has 2 heterocycles. The number of carbonyl (C=O) groups excluding carboxylic acids is 1. The largest absolute Gasteiger partial charge is 0.427 e. The van der Waals surface area contributed by atoms with Crippen LogP contribution in [0.5, 0.6) is 0 Å². The van der Waals surface area contributed by atoms with Gasteiger partial charge in [-0.05, 0) is 35.9 Å². The third-order valence-corrected chi connectivity index (χ3v) is 4.24. The molecule has 0 bridgehead atoms. The van der Waals surface area contributed by atoms with E-state index < -0.39 is 0 Å². The van der Waals surface area contributed by atoms with E-state index in [4.69, 9.17) is 28.6 Å². The summed E-state index contributed by atoms with van der Waals surface area (Å²) in [4.78, 5) is 16.2. The lowest BCUT2D eigenvalue weighted by atomic mass is 10.1. The molecular weight excluding hydrogens is 379 g/mol. The maximum Gasteiger partial charge on any atom is 0.226 e. The molecule has 0 aliphatic heterocycles. The Balaban J connectivity index is 1.76. The van der Waals surface area contributed by atoms with Crippen LogP contribution in [0.4, 0.5) is 0 Å². The van der Waals surface area contributed by atoms with Gasteiger partial charge in [0.1, 0.15) is 12.7 Å². The Morgan fingerprint density at radius 3 is 2.81 bits per heavy atom. The fourth-order valence-corrected chi connectivity index (χ4v) is 2.79. The molecule has 0 aliphatic carbocycles. The minimum atomic E-state index is -0.371. The summed E-state index contributed by atoms with van der Waals surface area (Å²) in [6.45, 7) is 0.193. The molecule has 0 fully saturated rings. The number of nitrogens with one attached hydrogen (secondary N) is 2. The van der Waals surface area contributed by atoms with Crippen LogP contribution in [-0.4, -0.2) is 30.6 Å². The Bertz CT molecular complexity index is 1000. The van der Waals surface area contributed by atoms with Crippen molar-refractivity contribution in [1.82, 2.24) is 24.8 Å². The van der Waals surface area contributed by atoms with Gasteiger partial charge in [0.05, 0.1) is 22.8 Å². The molecule has 0 atom stereocenters. The molecule has 0 unspecified atom stereocenters. The first-order valence-electron chi connectivity index (χ1n) is 7.50. The van der Waals surface area contributed by atoms with Gasteiger partial charge < -0.3 is 10.5 Å². The smallest absolute Gasteiger partial charge is 0.226 e. The van der Waals surface area contributed by atoms with Crippen LogP contribution in [0.2, 0.25) is 10.0 Å². The number of aromatic nitrogens is 4. The number of carbonyl (C=O) groups is 1. The minimum Gasteiger partial charge on any atom is -0.427 e. The Labute approximate surface area is 158 Å². The molecule has 1 aromatic carbocycles.